The number of hydrogen-bond donors (Lipinski definition) is 2. The van der Waals surface area contributed by atoms with Gasteiger partial charge in [0.25, 0.3) is 5.91 Å². The number of anilines is 1. The van der Waals surface area contributed by atoms with Crippen molar-refractivity contribution in [1.29, 1.82) is 0 Å². The average molecular weight is 552 g/mol. The predicted molar refractivity (Wildman–Crippen MR) is 147 cm³/mol. The van der Waals surface area contributed by atoms with Gasteiger partial charge in [-0.2, -0.15) is 5.10 Å². The lowest BCUT2D eigenvalue weighted by Gasteiger charge is -2.23. The molecule has 12 heteroatoms. The van der Waals surface area contributed by atoms with Crippen molar-refractivity contribution in [3.8, 4) is 10.6 Å². The van der Waals surface area contributed by atoms with E-state index in [4.69, 9.17) is 4.74 Å². The maximum absolute atomic E-state index is 13.3. The lowest BCUT2D eigenvalue weighted by molar-refractivity contribution is 0.0660. The van der Waals surface area contributed by atoms with Crippen LogP contribution in [0.25, 0.3) is 10.6 Å². The molecule has 0 saturated carbocycles. The van der Waals surface area contributed by atoms with E-state index < -0.39 is 5.91 Å². The van der Waals surface area contributed by atoms with Gasteiger partial charge < -0.3 is 20.3 Å². The normalized spacial score (nSPS) is 17.6. The van der Waals surface area contributed by atoms with Crippen LogP contribution in [0.1, 0.15) is 71.7 Å². The summed E-state index contributed by atoms with van der Waals surface area (Å²) in [6.45, 7) is 4.65. The molecule has 39 heavy (non-hydrogen) atoms. The van der Waals surface area contributed by atoms with Crippen LogP contribution < -0.4 is 10.6 Å². The Kier molecular flexibility index (Phi) is 8.62. The topological polar surface area (TPSA) is 131 Å². The molecule has 1 saturated heterocycles. The molecule has 2 aliphatic rings. The van der Waals surface area contributed by atoms with Crippen molar-refractivity contribution in [1.82, 2.24) is 30.0 Å². The fourth-order valence-electron chi connectivity index (χ4n) is 4.85. The number of ketones is 1. The highest BCUT2D eigenvalue weighted by atomic mass is 32.1. The maximum Gasteiger partial charge on any atom is 0.317 e. The zero-order chi connectivity index (χ0) is 27.2. The molecule has 0 unspecified atom stereocenters. The van der Waals surface area contributed by atoms with Crippen molar-refractivity contribution < 1.29 is 19.1 Å². The quantitative estimate of drug-likeness (QED) is 0.493. The second kappa shape index (κ2) is 12.5. The summed E-state index contributed by atoms with van der Waals surface area (Å²) in [5.74, 6) is -0.567. The first-order chi connectivity index (χ1) is 19.0. The first-order valence-electron chi connectivity index (χ1n) is 13.5. The van der Waals surface area contributed by atoms with Crippen LogP contribution in [0, 0.1) is 0 Å². The van der Waals surface area contributed by atoms with Gasteiger partial charge in [-0.15, -0.1) is 11.3 Å². The molecule has 11 nitrogen and oxygen atoms in total. The van der Waals surface area contributed by atoms with E-state index in [1.165, 1.54) is 11.3 Å². The van der Waals surface area contributed by atoms with Gasteiger partial charge in [-0.3, -0.25) is 19.3 Å². The summed E-state index contributed by atoms with van der Waals surface area (Å²) < 4.78 is 7.25. The van der Waals surface area contributed by atoms with Crippen molar-refractivity contribution in [3.63, 3.8) is 0 Å². The molecule has 3 aromatic rings. The predicted octanol–water partition coefficient (Wildman–Crippen LogP) is 3.95. The monoisotopic (exact) mass is 551 g/mol. The number of fused-ring (bicyclic) bond motifs is 6. The van der Waals surface area contributed by atoms with Crippen molar-refractivity contribution >= 4 is 34.7 Å². The van der Waals surface area contributed by atoms with Gasteiger partial charge >= 0.3 is 6.03 Å². The molecule has 5 rings (SSSR count). The summed E-state index contributed by atoms with van der Waals surface area (Å²) in [5.41, 5.74) is 2.66. The van der Waals surface area contributed by atoms with Crippen LogP contribution >= 0.6 is 11.3 Å². The number of Topliss-reactive ketones (excluding diaryl/α,β-unsaturated/α-hetero) is 1. The Morgan fingerprint density at radius 2 is 2.00 bits per heavy atom. The molecule has 0 spiro atoms. The molecular weight excluding hydrogens is 518 g/mol. The molecule has 4 bridgehead atoms. The van der Waals surface area contributed by atoms with Crippen LogP contribution in [-0.4, -0.2) is 75.2 Å². The Bertz CT molecular complexity index is 1330. The highest BCUT2D eigenvalue weighted by molar-refractivity contribution is 7.13. The van der Waals surface area contributed by atoms with Gasteiger partial charge in [0.2, 0.25) is 0 Å². The Labute approximate surface area is 231 Å². The fourth-order valence-corrected chi connectivity index (χ4v) is 5.65. The number of thiazole rings is 1. The molecule has 0 atom stereocenters. The standard InChI is InChI=1S/C27H33N7O4S/c1-2-28-27(37)33-11-3-5-19-15-18(7-10-29-19)26-31-22(17-39-26)25(36)30-21-16-34(20-8-13-38-14-9-20)32-24(21)23(35)6-4-12-33/h7,10,15-17,20H,2-6,8-9,11-14H2,1H3,(H,28,37)(H,30,36). The first kappa shape index (κ1) is 26.9. The lowest BCUT2D eigenvalue weighted by atomic mass is 10.1. The van der Waals surface area contributed by atoms with Crippen LogP contribution in [0.4, 0.5) is 10.5 Å². The Balaban J connectivity index is 1.46. The maximum atomic E-state index is 13.3. The van der Waals surface area contributed by atoms with Crippen molar-refractivity contribution in [2.24, 2.45) is 0 Å². The number of ether oxygens (including phenoxy) is 1. The first-order valence-corrected chi connectivity index (χ1v) is 14.3. The zero-order valence-electron chi connectivity index (χ0n) is 22.0. The summed E-state index contributed by atoms with van der Waals surface area (Å²) in [7, 11) is 0. The van der Waals surface area contributed by atoms with E-state index in [-0.39, 0.29) is 35.7 Å². The largest absolute Gasteiger partial charge is 0.381 e. The van der Waals surface area contributed by atoms with Crippen molar-refractivity contribution in [3.05, 3.63) is 47.0 Å². The lowest BCUT2D eigenvalue weighted by Crippen LogP contribution is -2.41. The minimum Gasteiger partial charge on any atom is -0.381 e. The number of amides is 3. The average Bonchev–Trinajstić information content (AvgIpc) is 3.61. The number of carbonyl (C=O) groups is 3. The molecule has 3 amide bonds. The summed E-state index contributed by atoms with van der Waals surface area (Å²) in [5, 5.41) is 12.8. The minimum atomic E-state index is -0.393. The number of nitrogens with one attached hydrogen (secondary N) is 2. The zero-order valence-corrected chi connectivity index (χ0v) is 22.8. The third-order valence-corrected chi connectivity index (χ3v) is 7.81. The van der Waals surface area contributed by atoms with Gasteiger partial charge in [0.15, 0.2) is 11.5 Å². The Morgan fingerprint density at radius 1 is 1.21 bits per heavy atom. The number of aryl methyl sites for hydroxylation is 1. The van der Waals surface area contributed by atoms with Crippen LogP contribution in [0.3, 0.4) is 0 Å². The summed E-state index contributed by atoms with van der Waals surface area (Å²) in [6.07, 6.45) is 7.16. The number of nitrogens with zero attached hydrogens (tertiary/aromatic N) is 5. The van der Waals surface area contributed by atoms with Gasteiger partial charge in [-0.1, -0.05) is 0 Å². The molecule has 0 radical (unpaired) electrons. The van der Waals surface area contributed by atoms with E-state index in [1.54, 1.807) is 27.4 Å². The summed E-state index contributed by atoms with van der Waals surface area (Å²) in [6, 6.07) is 3.80. The van der Waals surface area contributed by atoms with Gasteiger partial charge in [0.1, 0.15) is 10.7 Å². The number of urea groups is 1. The van der Waals surface area contributed by atoms with Gasteiger partial charge in [-0.05, 0) is 51.2 Å². The van der Waals surface area contributed by atoms with Gasteiger partial charge in [-0.25, -0.2) is 9.78 Å². The molecule has 5 heterocycles. The molecule has 2 aliphatic heterocycles. The number of carbonyl (C=O) groups excluding carboxylic acids is 3. The molecule has 3 aromatic heterocycles. The number of hydrogen-bond acceptors (Lipinski definition) is 8. The van der Waals surface area contributed by atoms with E-state index in [1.807, 2.05) is 19.1 Å². The smallest absolute Gasteiger partial charge is 0.317 e. The van der Waals surface area contributed by atoms with E-state index in [2.05, 4.69) is 25.7 Å². The van der Waals surface area contributed by atoms with E-state index in [9.17, 15) is 14.4 Å². The van der Waals surface area contributed by atoms with Crippen LogP contribution in [0.15, 0.2) is 29.9 Å². The molecular formula is C27H33N7O4S. The second-order valence-corrected chi connectivity index (χ2v) is 10.6. The molecule has 2 N–H and O–H groups in total. The van der Waals surface area contributed by atoms with E-state index >= 15 is 0 Å². The minimum absolute atomic E-state index is 0.0950. The number of pyridine rings is 1. The van der Waals surface area contributed by atoms with Crippen LogP contribution in [0.2, 0.25) is 0 Å². The number of rotatable bonds is 2. The number of aromatic nitrogens is 4. The molecule has 0 aromatic carbocycles. The molecule has 1 fully saturated rings. The Hall–Kier alpha value is -3.64. The van der Waals surface area contributed by atoms with Crippen molar-refractivity contribution in [2.45, 2.75) is 51.5 Å². The fraction of sp³-hybridized carbons (Fsp3) is 0.481. The van der Waals surface area contributed by atoms with Crippen molar-refractivity contribution in [2.75, 3.05) is 38.2 Å². The summed E-state index contributed by atoms with van der Waals surface area (Å²) in [4.78, 5) is 50.0. The highest BCUT2D eigenvalue weighted by Gasteiger charge is 2.25. The molecule has 206 valence electrons. The third kappa shape index (κ3) is 6.51. The SMILES string of the molecule is CCNC(=O)N1CCCC(=O)c2nn(C3CCOCC3)cc2NC(=O)c2csc(n2)-c2ccnc(c2)CCC1. The van der Waals surface area contributed by atoms with Crippen LogP contribution in [0.5, 0.6) is 0 Å². The molecule has 0 aliphatic carbocycles. The van der Waals surface area contributed by atoms with E-state index in [0.29, 0.717) is 56.4 Å². The third-order valence-electron chi connectivity index (χ3n) is 6.92. The van der Waals surface area contributed by atoms with E-state index in [0.717, 1.165) is 30.5 Å². The van der Waals surface area contributed by atoms with Gasteiger partial charge in [0.05, 0.1) is 11.7 Å². The Morgan fingerprint density at radius 3 is 2.79 bits per heavy atom. The van der Waals surface area contributed by atoms with Crippen LogP contribution in [-0.2, 0) is 11.2 Å². The van der Waals surface area contributed by atoms with Gasteiger partial charge in [0, 0.05) is 68.3 Å². The highest BCUT2D eigenvalue weighted by Crippen LogP contribution is 2.27. The second-order valence-electron chi connectivity index (χ2n) is 9.70. The summed E-state index contributed by atoms with van der Waals surface area (Å²) >= 11 is 1.38.